The van der Waals surface area contributed by atoms with E-state index in [0.29, 0.717) is 17.1 Å². The van der Waals surface area contributed by atoms with Crippen LogP contribution in [0.25, 0.3) is 0 Å². The Kier molecular flexibility index (Phi) is 7.19. The number of carbonyl (C=O) groups excluding carboxylic acids is 1. The minimum absolute atomic E-state index is 0.155. The van der Waals surface area contributed by atoms with Gasteiger partial charge in [0.2, 0.25) is 0 Å². The van der Waals surface area contributed by atoms with Crippen molar-refractivity contribution in [2.75, 3.05) is 30.4 Å². The normalized spacial score (nSPS) is 11.2. The number of pyridine rings is 1. The Morgan fingerprint density at radius 1 is 1.29 bits per heavy atom. The molecule has 0 saturated heterocycles. The predicted octanol–water partition coefficient (Wildman–Crippen LogP) is 2.80. The van der Waals surface area contributed by atoms with Crippen LogP contribution >= 0.6 is 11.6 Å². The highest BCUT2D eigenvalue weighted by molar-refractivity contribution is 7.88. The third-order valence-corrected chi connectivity index (χ3v) is 5.23. The minimum atomic E-state index is -3.97. The zero-order chi connectivity index (χ0) is 20.9. The molecular weight excluding hydrogens is 408 g/mol. The van der Waals surface area contributed by atoms with Gasteiger partial charge >= 0.3 is 10.3 Å². The Bertz CT molecular complexity index is 968. The molecule has 1 aromatic heterocycles. The van der Waals surface area contributed by atoms with E-state index in [1.54, 1.807) is 25.1 Å². The molecule has 0 saturated carbocycles. The molecule has 0 unspecified atom stereocenters. The third-order valence-electron chi connectivity index (χ3n) is 3.73. The van der Waals surface area contributed by atoms with Gasteiger partial charge in [0.25, 0.3) is 5.91 Å². The zero-order valence-corrected chi connectivity index (χ0v) is 17.4. The fourth-order valence-electron chi connectivity index (χ4n) is 2.29. The second-order valence-corrected chi connectivity index (χ2v) is 7.78. The molecule has 0 aliphatic rings. The Morgan fingerprint density at radius 3 is 2.64 bits per heavy atom. The molecule has 0 aliphatic carbocycles. The molecule has 1 heterocycles. The number of hydroxylamine groups is 1. The maximum Gasteiger partial charge on any atom is 0.362 e. The Labute approximate surface area is 168 Å². The van der Waals surface area contributed by atoms with Crippen molar-refractivity contribution in [1.82, 2.24) is 10.5 Å². The van der Waals surface area contributed by atoms with E-state index in [1.807, 2.05) is 6.92 Å². The monoisotopic (exact) mass is 428 g/mol. The highest BCUT2D eigenvalue weighted by Gasteiger charge is 2.22. The van der Waals surface area contributed by atoms with Gasteiger partial charge in [0.05, 0.1) is 36.3 Å². The number of benzene rings is 1. The molecule has 152 valence electrons. The van der Waals surface area contributed by atoms with E-state index in [4.69, 9.17) is 16.4 Å². The number of anilines is 3. The van der Waals surface area contributed by atoms with Crippen molar-refractivity contribution < 1.29 is 22.2 Å². The molecular formula is C17H21ClN4O5S. The van der Waals surface area contributed by atoms with Gasteiger partial charge < -0.3 is 5.32 Å². The van der Waals surface area contributed by atoms with Crippen LogP contribution in [-0.2, 0) is 19.3 Å². The number of halogens is 1. The summed E-state index contributed by atoms with van der Waals surface area (Å²) >= 11 is 5.97. The van der Waals surface area contributed by atoms with Crippen LogP contribution in [0.3, 0.4) is 0 Å². The molecule has 2 N–H and O–H groups in total. The van der Waals surface area contributed by atoms with Crippen LogP contribution in [-0.4, -0.2) is 40.1 Å². The number of rotatable bonds is 8. The first-order valence-electron chi connectivity index (χ1n) is 8.19. The van der Waals surface area contributed by atoms with Gasteiger partial charge in [-0.2, -0.15) is 8.42 Å². The number of amides is 1. The second-order valence-electron chi connectivity index (χ2n) is 5.65. The van der Waals surface area contributed by atoms with Crippen molar-refractivity contribution in [3.8, 4) is 0 Å². The van der Waals surface area contributed by atoms with Crippen LogP contribution in [0, 0.1) is 6.92 Å². The Balaban J connectivity index is 2.49. The minimum Gasteiger partial charge on any atom is -0.353 e. The first kappa shape index (κ1) is 21.9. The number of aryl methyl sites for hydroxylation is 1. The summed E-state index contributed by atoms with van der Waals surface area (Å²) in [6.07, 6.45) is 1.29. The lowest BCUT2D eigenvalue weighted by molar-refractivity contribution is 0.0365. The Morgan fingerprint density at radius 2 is 2.00 bits per heavy atom. The van der Waals surface area contributed by atoms with Crippen molar-refractivity contribution in [3.63, 3.8) is 0 Å². The van der Waals surface area contributed by atoms with Crippen molar-refractivity contribution in [1.29, 1.82) is 0 Å². The summed E-state index contributed by atoms with van der Waals surface area (Å²) < 4.78 is 29.8. The maximum atomic E-state index is 12.3. The molecule has 9 nitrogen and oxygen atoms in total. The topological polar surface area (TPSA) is 110 Å². The van der Waals surface area contributed by atoms with Gasteiger partial charge in [-0.25, -0.2) is 14.8 Å². The van der Waals surface area contributed by atoms with Gasteiger partial charge in [-0.05, 0) is 37.6 Å². The number of aromatic nitrogens is 1. The van der Waals surface area contributed by atoms with Crippen molar-refractivity contribution in [3.05, 3.63) is 46.7 Å². The summed E-state index contributed by atoms with van der Waals surface area (Å²) in [6, 6.07) is 6.60. The standard InChI is InChI=1S/C17H21ClN4O5S/c1-5-27-21-17(23)12-10-19-16(18)9-14(12)20-13-7-6-11(2)8-15(13)22(3)28(24,25)26-4/h6-10H,5H2,1-4H3,(H,19,20)(H,21,23). The predicted molar refractivity (Wildman–Crippen MR) is 107 cm³/mol. The number of hydrogen-bond acceptors (Lipinski definition) is 7. The summed E-state index contributed by atoms with van der Waals surface area (Å²) in [5.41, 5.74) is 4.36. The molecule has 0 bridgehead atoms. The van der Waals surface area contributed by atoms with Crippen LogP contribution in [0.15, 0.2) is 30.5 Å². The lowest BCUT2D eigenvalue weighted by Gasteiger charge is -2.22. The number of carbonyl (C=O) groups is 1. The average molecular weight is 429 g/mol. The van der Waals surface area contributed by atoms with E-state index in [1.165, 1.54) is 19.3 Å². The van der Waals surface area contributed by atoms with Gasteiger partial charge in [-0.1, -0.05) is 17.7 Å². The van der Waals surface area contributed by atoms with Crippen LogP contribution in [0.5, 0.6) is 0 Å². The Hall–Kier alpha value is -2.40. The lowest BCUT2D eigenvalue weighted by atomic mass is 10.1. The van der Waals surface area contributed by atoms with E-state index in [9.17, 15) is 13.2 Å². The van der Waals surface area contributed by atoms with Crippen LogP contribution < -0.4 is 15.1 Å². The summed E-state index contributed by atoms with van der Waals surface area (Å²) in [5.74, 6) is -0.528. The van der Waals surface area contributed by atoms with Crippen LogP contribution in [0.4, 0.5) is 17.1 Å². The van der Waals surface area contributed by atoms with Gasteiger partial charge in [0, 0.05) is 13.2 Å². The van der Waals surface area contributed by atoms with Crippen molar-refractivity contribution in [2.45, 2.75) is 13.8 Å². The van der Waals surface area contributed by atoms with Crippen LogP contribution in [0.1, 0.15) is 22.8 Å². The zero-order valence-electron chi connectivity index (χ0n) is 15.8. The molecule has 1 aromatic carbocycles. The highest BCUT2D eigenvalue weighted by Crippen LogP contribution is 2.32. The van der Waals surface area contributed by atoms with E-state index >= 15 is 0 Å². The molecule has 0 fully saturated rings. The summed E-state index contributed by atoms with van der Waals surface area (Å²) in [4.78, 5) is 21.2. The van der Waals surface area contributed by atoms with E-state index in [2.05, 4.69) is 20.0 Å². The molecule has 0 aliphatic heterocycles. The largest absolute Gasteiger partial charge is 0.362 e. The maximum absolute atomic E-state index is 12.3. The summed E-state index contributed by atoms with van der Waals surface area (Å²) in [7, 11) is -1.53. The van der Waals surface area contributed by atoms with Crippen molar-refractivity contribution >= 4 is 44.9 Å². The smallest absolute Gasteiger partial charge is 0.353 e. The first-order chi connectivity index (χ1) is 13.2. The fraction of sp³-hybridized carbons (Fsp3) is 0.294. The van der Waals surface area contributed by atoms with E-state index < -0.39 is 16.2 Å². The second kappa shape index (κ2) is 9.20. The summed E-state index contributed by atoms with van der Waals surface area (Å²) in [6.45, 7) is 3.84. The number of nitrogens with zero attached hydrogens (tertiary/aromatic N) is 2. The van der Waals surface area contributed by atoms with Gasteiger partial charge in [-0.15, -0.1) is 0 Å². The fourth-order valence-corrected chi connectivity index (χ4v) is 3.07. The molecule has 0 radical (unpaired) electrons. The van der Waals surface area contributed by atoms with Crippen molar-refractivity contribution in [2.24, 2.45) is 0 Å². The molecule has 1 amide bonds. The molecule has 2 aromatic rings. The summed E-state index contributed by atoms with van der Waals surface area (Å²) in [5, 5.41) is 3.20. The van der Waals surface area contributed by atoms with Gasteiger partial charge in [0.15, 0.2) is 0 Å². The molecule has 0 spiro atoms. The molecule has 2 rings (SSSR count). The lowest BCUT2D eigenvalue weighted by Crippen LogP contribution is -2.28. The molecule has 28 heavy (non-hydrogen) atoms. The first-order valence-corrected chi connectivity index (χ1v) is 9.93. The van der Waals surface area contributed by atoms with Gasteiger partial charge in [-0.3, -0.25) is 13.8 Å². The quantitative estimate of drug-likeness (QED) is 0.491. The highest BCUT2D eigenvalue weighted by atomic mass is 35.5. The molecule has 0 atom stereocenters. The molecule has 11 heteroatoms. The van der Waals surface area contributed by atoms with E-state index in [0.717, 1.165) is 17.0 Å². The number of nitrogens with one attached hydrogen (secondary N) is 2. The van der Waals surface area contributed by atoms with E-state index in [-0.39, 0.29) is 17.3 Å². The third kappa shape index (κ3) is 5.10. The number of hydrogen-bond donors (Lipinski definition) is 2. The SMILES string of the molecule is CCONC(=O)c1cnc(Cl)cc1Nc1ccc(C)cc1N(C)S(=O)(=O)OC. The van der Waals surface area contributed by atoms with Gasteiger partial charge in [0.1, 0.15) is 5.15 Å². The average Bonchev–Trinajstić information content (AvgIpc) is 2.67. The van der Waals surface area contributed by atoms with Crippen LogP contribution in [0.2, 0.25) is 5.15 Å².